The summed E-state index contributed by atoms with van der Waals surface area (Å²) in [6.07, 6.45) is 0. The number of hydrogen-bond acceptors (Lipinski definition) is 1. The molecule has 0 fully saturated rings. The van der Waals surface area contributed by atoms with Crippen LogP contribution in [-0.2, 0) is 5.41 Å². The van der Waals surface area contributed by atoms with Crippen molar-refractivity contribution in [2.24, 2.45) is 0 Å². The predicted octanol–water partition coefficient (Wildman–Crippen LogP) is 12.1. The maximum absolute atomic E-state index is 3.27. The van der Waals surface area contributed by atoms with Crippen LogP contribution in [0.3, 0.4) is 0 Å². The van der Waals surface area contributed by atoms with Crippen LogP contribution in [0.4, 0.5) is 17.1 Å². The van der Waals surface area contributed by atoms with Gasteiger partial charge in [0.15, 0.2) is 0 Å². The Bertz CT molecular complexity index is 3060. The molecule has 0 atom stereocenters. The molecule has 9 aromatic rings. The zero-order valence-electron chi connectivity index (χ0n) is 33.2. The van der Waals surface area contributed by atoms with E-state index in [1.54, 1.807) is 17.6 Å². The zero-order valence-corrected chi connectivity index (χ0v) is 35.3. The fourth-order valence-corrected chi connectivity index (χ4v) is 22.6. The molecular formula is C57H41GeN. The van der Waals surface area contributed by atoms with Crippen LogP contribution in [-0.4, -0.2) is 13.3 Å². The molecule has 9 aromatic carbocycles. The first kappa shape index (κ1) is 34.4. The first-order chi connectivity index (χ1) is 29.0. The van der Waals surface area contributed by atoms with Gasteiger partial charge in [0.1, 0.15) is 0 Å². The first-order valence-corrected chi connectivity index (χ1v) is 25.0. The van der Waals surface area contributed by atoms with Crippen molar-refractivity contribution in [3.05, 3.63) is 223 Å². The summed E-state index contributed by atoms with van der Waals surface area (Å²) in [5.74, 6) is 0. The van der Waals surface area contributed by atoms with Crippen LogP contribution in [0, 0.1) is 0 Å². The minimum absolute atomic E-state index is 0.0932. The van der Waals surface area contributed by atoms with Crippen molar-refractivity contribution in [2.75, 3.05) is 4.90 Å². The van der Waals surface area contributed by atoms with Crippen LogP contribution in [0.2, 0.25) is 0 Å². The molecule has 3 aliphatic rings. The van der Waals surface area contributed by atoms with E-state index >= 15 is 0 Å². The standard InChI is InChI=1S/C57H41GeN/c1-57(2)51-20-10-6-16-45(51)46-35-33-44(37-52(46)57)59(42-29-24-39(25-30-42)38-14-4-3-5-15-38)43-31-26-40(27-32-43)41-28-34-50-49-19-9-13-23-55(49)58(56(50)36-41)53-21-11-7-17-47(53)48-18-8-12-22-54(48)58/h3-37H,1-2H3. The molecule has 2 heteroatoms. The number of hydrogen-bond donors (Lipinski definition) is 0. The van der Waals surface area contributed by atoms with Crippen molar-refractivity contribution < 1.29 is 0 Å². The molecule has 0 saturated carbocycles. The molecule has 278 valence electrons. The van der Waals surface area contributed by atoms with Gasteiger partial charge in [0.25, 0.3) is 0 Å². The summed E-state index contributed by atoms with van der Waals surface area (Å²) in [5.41, 5.74) is 19.3. The van der Waals surface area contributed by atoms with E-state index in [4.69, 9.17) is 0 Å². The zero-order chi connectivity index (χ0) is 39.3. The van der Waals surface area contributed by atoms with Gasteiger partial charge in [-0.05, 0) is 16.7 Å². The van der Waals surface area contributed by atoms with Gasteiger partial charge in [-0.3, -0.25) is 0 Å². The number of nitrogens with zero attached hydrogens (tertiary/aromatic N) is 1. The molecule has 1 aliphatic carbocycles. The average Bonchev–Trinajstić information content (AvgIpc) is 3.85. The Morgan fingerprint density at radius 2 is 0.712 bits per heavy atom. The molecule has 59 heavy (non-hydrogen) atoms. The second-order valence-corrected chi connectivity index (χ2v) is 24.5. The Morgan fingerprint density at radius 1 is 0.305 bits per heavy atom. The summed E-state index contributed by atoms with van der Waals surface area (Å²) in [4.78, 5) is 2.42. The van der Waals surface area contributed by atoms with Gasteiger partial charge >= 0.3 is 266 Å². The van der Waals surface area contributed by atoms with Crippen molar-refractivity contribution in [1.29, 1.82) is 0 Å². The van der Waals surface area contributed by atoms with Crippen molar-refractivity contribution in [3.63, 3.8) is 0 Å². The van der Waals surface area contributed by atoms with Crippen LogP contribution in [0.25, 0.3) is 55.6 Å². The summed E-state index contributed by atoms with van der Waals surface area (Å²) >= 11 is -3.27. The number of anilines is 3. The molecule has 0 amide bonds. The molecule has 1 spiro atoms. The summed E-state index contributed by atoms with van der Waals surface area (Å²) in [6, 6.07) is 80.0. The third-order valence-corrected chi connectivity index (χ3v) is 23.9. The number of rotatable bonds is 5. The fraction of sp³-hybridized carbons (Fsp3) is 0.0526. The van der Waals surface area contributed by atoms with E-state index in [-0.39, 0.29) is 5.41 Å². The van der Waals surface area contributed by atoms with E-state index in [9.17, 15) is 0 Å². The molecule has 0 radical (unpaired) electrons. The van der Waals surface area contributed by atoms with Gasteiger partial charge in [0, 0.05) is 0 Å². The topological polar surface area (TPSA) is 3.24 Å². The minimum atomic E-state index is -3.27. The fourth-order valence-electron chi connectivity index (χ4n) is 10.8. The molecule has 1 nitrogen and oxygen atoms in total. The van der Waals surface area contributed by atoms with Gasteiger partial charge < -0.3 is 0 Å². The molecular weight excluding hydrogens is 771 g/mol. The van der Waals surface area contributed by atoms with E-state index in [2.05, 4.69) is 231 Å². The van der Waals surface area contributed by atoms with E-state index in [1.807, 2.05) is 0 Å². The second-order valence-electron chi connectivity index (χ2n) is 16.8. The van der Waals surface area contributed by atoms with Crippen LogP contribution in [0.5, 0.6) is 0 Å². The second kappa shape index (κ2) is 12.9. The van der Waals surface area contributed by atoms with Crippen molar-refractivity contribution in [2.45, 2.75) is 19.3 Å². The molecule has 0 saturated heterocycles. The third-order valence-electron chi connectivity index (χ3n) is 13.5. The molecule has 2 aliphatic heterocycles. The van der Waals surface area contributed by atoms with E-state index in [0.717, 1.165) is 17.1 Å². The summed E-state index contributed by atoms with van der Waals surface area (Å²) in [5, 5.41) is 0. The molecule has 12 rings (SSSR count). The van der Waals surface area contributed by atoms with Crippen molar-refractivity contribution in [3.8, 4) is 55.6 Å². The van der Waals surface area contributed by atoms with Gasteiger partial charge in [0.05, 0.1) is 0 Å². The first-order valence-electron chi connectivity index (χ1n) is 20.8. The number of benzene rings is 9. The van der Waals surface area contributed by atoms with Gasteiger partial charge in [0.2, 0.25) is 0 Å². The van der Waals surface area contributed by atoms with Crippen LogP contribution in [0.15, 0.2) is 212 Å². The van der Waals surface area contributed by atoms with Crippen LogP contribution < -0.4 is 22.5 Å². The summed E-state index contributed by atoms with van der Waals surface area (Å²) in [6.45, 7) is 4.72. The molecule has 0 unspecified atom stereocenters. The molecule has 0 aromatic heterocycles. The van der Waals surface area contributed by atoms with Crippen LogP contribution in [0.1, 0.15) is 25.0 Å². The van der Waals surface area contributed by atoms with Gasteiger partial charge in [-0.2, -0.15) is 0 Å². The van der Waals surface area contributed by atoms with Gasteiger partial charge in [-0.15, -0.1) is 0 Å². The molecule has 0 N–H and O–H groups in total. The van der Waals surface area contributed by atoms with E-state index < -0.39 is 13.3 Å². The monoisotopic (exact) mass is 813 g/mol. The van der Waals surface area contributed by atoms with E-state index in [0.29, 0.717) is 0 Å². The SMILES string of the molecule is CC1(C)c2ccccc2-c2ccc(N(c3ccc(-c4ccccc4)cc3)c3ccc(-c4ccc5[c](c4)[Ge]4([c]6ccccc6-c6cccc[c]64)[c]4ccccc4-5)cc3)cc21. The molecule has 2 heterocycles. The quantitative estimate of drug-likeness (QED) is 0.157. The Hall–Kier alpha value is -6.68. The van der Waals surface area contributed by atoms with Gasteiger partial charge in [-0.1, -0.05) is 68.4 Å². The Kier molecular flexibility index (Phi) is 7.52. The summed E-state index contributed by atoms with van der Waals surface area (Å²) < 4.78 is 6.22. The molecule has 0 bridgehead atoms. The van der Waals surface area contributed by atoms with Gasteiger partial charge in [-0.25, -0.2) is 0 Å². The summed E-state index contributed by atoms with van der Waals surface area (Å²) in [7, 11) is 0. The van der Waals surface area contributed by atoms with Crippen LogP contribution >= 0.6 is 0 Å². The Morgan fingerprint density at radius 3 is 1.31 bits per heavy atom. The normalized spacial score (nSPS) is 14.2. The Balaban J connectivity index is 0.981. The number of fused-ring (bicyclic) bond motifs is 13. The Labute approximate surface area is 349 Å². The average molecular weight is 813 g/mol. The third kappa shape index (κ3) is 4.92. The van der Waals surface area contributed by atoms with Crippen molar-refractivity contribution >= 4 is 47.9 Å². The van der Waals surface area contributed by atoms with E-state index in [1.165, 1.54) is 66.8 Å². The predicted molar refractivity (Wildman–Crippen MR) is 251 cm³/mol. The maximum atomic E-state index is 2.56. The van der Waals surface area contributed by atoms with Crippen molar-refractivity contribution in [1.82, 2.24) is 0 Å².